The second-order valence-corrected chi connectivity index (χ2v) is 6.90. The first-order valence-corrected chi connectivity index (χ1v) is 8.05. The topological polar surface area (TPSA) is 54.5 Å². The van der Waals surface area contributed by atoms with Crippen molar-refractivity contribution >= 4 is 27.5 Å². The summed E-state index contributed by atoms with van der Waals surface area (Å²) in [6, 6.07) is 3.76. The third kappa shape index (κ3) is 3.08. The summed E-state index contributed by atoms with van der Waals surface area (Å²) in [6.07, 6.45) is 0.110. The Kier molecular flexibility index (Phi) is 3.72. The molecular formula is C11H14FNO3S2. The van der Waals surface area contributed by atoms with E-state index in [-0.39, 0.29) is 18.4 Å². The second-order valence-electron chi connectivity index (χ2n) is 4.51. The second kappa shape index (κ2) is 4.97. The summed E-state index contributed by atoms with van der Waals surface area (Å²) in [5.41, 5.74) is 0. The van der Waals surface area contributed by atoms with Crippen molar-refractivity contribution in [2.24, 2.45) is 5.92 Å². The van der Waals surface area contributed by atoms with Gasteiger partial charge in [-0.25, -0.2) is 0 Å². The third-order valence-corrected chi connectivity index (χ3v) is 5.01. The van der Waals surface area contributed by atoms with E-state index in [4.69, 9.17) is 0 Å². The monoisotopic (exact) mass is 291 g/mol. The predicted molar refractivity (Wildman–Crippen MR) is 67.4 cm³/mol. The molecule has 2 heterocycles. The van der Waals surface area contributed by atoms with Gasteiger partial charge in [-0.05, 0) is 18.4 Å². The van der Waals surface area contributed by atoms with Gasteiger partial charge in [-0.15, -0.1) is 15.2 Å². The zero-order chi connectivity index (χ0) is 13.3. The van der Waals surface area contributed by atoms with E-state index in [1.807, 2.05) is 24.4 Å². The molecule has 100 valence electrons. The fourth-order valence-electron chi connectivity index (χ4n) is 2.26. The maximum absolute atomic E-state index is 12.6. The summed E-state index contributed by atoms with van der Waals surface area (Å²) >= 11 is 1.55. The first kappa shape index (κ1) is 13.5. The summed E-state index contributed by atoms with van der Waals surface area (Å²) in [4.78, 5) is 14.5. The van der Waals surface area contributed by atoms with Crippen LogP contribution in [0.5, 0.6) is 0 Å². The lowest BCUT2D eigenvalue weighted by Crippen LogP contribution is -2.28. The van der Waals surface area contributed by atoms with Crippen molar-refractivity contribution < 1.29 is 17.1 Å². The number of likely N-dealkylation sites (tertiary alicyclic amines) is 1. The van der Waals surface area contributed by atoms with Crippen LogP contribution in [0.25, 0.3) is 0 Å². The molecule has 0 aromatic carbocycles. The van der Waals surface area contributed by atoms with Gasteiger partial charge < -0.3 is 4.90 Å². The quantitative estimate of drug-likeness (QED) is 0.797. The van der Waals surface area contributed by atoms with Crippen LogP contribution in [0.3, 0.4) is 0 Å². The fourth-order valence-corrected chi connectivity index (χ4v) is 3.84. The van der Waals surface area contributed by atoms with Crippen LogP contribution in [0.15, 0.2) is 17.5 Å². The molecule has 1 aromatic rings. The molecule has 4 nitrogen and oxygen atoms in total. The third-order valence-electron chi connectivity index (χ3n) is 3.10. The lowest BCUT2D eigenvalue weighted by atomic mass is 10.1. The number of nitrogens with zero attached hydrogens (tertiary/aromatic N) is 1. The van der Waals surface area contributed by atoms with Crippen LogP contribution in [0.1, 0.15) is 24.3 Å². The average molecular weight is 291 g/mol. The minimum absolute atomic E-state index is 0.0789. The molecule has 2 unspecified atom stereocenters. The molecule has 0 saturated carbocycles. The fraction of sp³-hybridized carbons (Fsp3) is 0.545. The van der Waals surface area contributed by atoms with Gasteiger partial charge in [0.05, 0.1) is 11.8 Å². The average Bonchev–Trinajstić information content (AvgIpc) is 2.84. The molecule has 1 aliphatic rings. The summed E-state index contributed by atoms with van der Waals surface area (Å²) in [5, 5.41) is 1.93. The smallest absolute Gasteiger partial charge is 0.302 e. The predicted octanol–water partition coefficient (Wildman–Crippen LogP) is 1.96. The maximum atomic E-state index is 12.6. The Labute approximate surface area is 110 Å². The van der Waals surface area contributed by atoms with Crippen molar-refractivity contribution in [3.05, 3.63) is 22.4 Å². The van der Waals surface area contributed by atoms with Crippen LogP contribution in [0, 0.1) is 5.92 Å². The molecule has 2 atom stereocenters. The van der Waals surface area contributed by atoms with Crippen LogP contribution in [0.2, 0.25) is 0 Å². The van der Waals surface area contributed by atoms with Gasteiger partial charge in [0.15, 0.2) is 0 Å². The van der Waals surface area contributed by atoms with Gasteiger partial charge in [0.25, 0.3) is 0 Å². The highest BCUT2D eigenvalue weighted by atomic mass is 32.3. The molecular weight excluding hydrogens is 277 g/mol. The van der Waals surface area contributed by atoms with Gasteiger partial charge in [-0.2, -0.15) is 8.42 Å². The molecule has 1 aromatic heterocycles. The zero-order valence-electron chi connectivity index (χ0n) is 9.87. The summed E-state index contributed by atoms with van der Waals surface area (Å²) in [5.74, 6) is -1.11. The highest BCUT2D eigenvalue weighted by Crippen LogP contribution is 2.31. The normalized spacial score (nSPS) is 22.4. The first-order valence-electron chi connectivity index (χ1n) is 5.62. The molecule has 0 aliphatic carbocycles. The molecule has 1 aliphatic heterocycles. The number of thiophene rings is 1. The molecule has 0 spiro atoms. The van der Waals surface area contributed by atoms with E-state index < -0.39 is 21.9 Å². The largest absolute Gasteiger partial charge is 0.335 e. The van der Waals surface area contributed by atoms with Crippen LogP contribution in [0.4, 0.5) is 3.89 Å². The summed E-state index contributed by atoms with van der Waals surface area (Å²) < 4.78 is 33.8. The molecule has 1 amide bonds. The van der Waals surface area contributed by atoms with E-state index in [1.165, 1.54) is 0 Å². The van der Waals surface area contributed by atoms with Gasteiger partial charge >= 0.3 is 10.2 Å². The van der Waals surface area contributed by atoms with Crippen LogP contribution in [-0.2, 0) is 15.0 Å². The first-order chi connectivity index (χ1) is 8.37. The minimum Gasteiger partial charge on any atom is -0.335 e. The Bertz CT molecular complexity index is 526. The molecule has 0 radical (unpaired) electrons. The lowest BCUT2D eigenvalue weighted by Gasteiger charge is -2.23. The standard InChI is InChI=1S/C11H14FNO3S2/c1-8(10-3-2-4-17-10)13-6-9(5-11(13)14)7-18(12,15)16/h2-4,8-9H,5-7H2,1H3. The molecule has 7 heteroatoms. The Morgan fingerprint density at radius 2 is 2.33 bits per heavy atom. The van der Waals surface area contributed by atoms with E-state index in [2.05, 4.69) is 0 Å². The Morgan fingerprint density at radius 3 is 2.89 bits per heavy atom. The minimum atomic E-state index is -4.51. The van der Waals surface area contributed by atoms with Gasteiger partial charge in [0.1, 0.15) is 0 Å². The van der Waals surface area contributed by atoms with Crippen LogP contribution < -0.4 is 0 Å². The number of rotatable bonds is 4. The van der Waals surface area contributed by atoms with Crippen molar-refractivity contribution in [2.45, 2.75) is 19.4 Å². The zero-order valence-corrected chi connectivity index (χ0v) is 11.5. The molecule has 1 saturated heterocycles. The number of carbonyl (C=O) groups is 1. The number of halogens is 1. The van der Waals surface area contributed by atoms with Crippen molar-refractivity contribution in [1.29, 1.82) is 0 Å². The number of amides is 1. The van der Waals surface area contributed by atoms with E-state index >= 15 is 0 Å². The number of carbonyl (C=O) groups excluding carboxylic acids is 1. The lowest BCUT2D eigenvalue weighted by molar-refractivity contribution is -0.129. The van der Waals surface area contributed by atoms with Crippen LogP contribution >= 0.6 is 11.3 Å². The van der Waals surface area contributed by atoms with Gasteiger partial charge in [-0.1, -0.05) is 6.07 Å². The maximum Gasteiger partial charge on any atom is 0.302 e. The van der Waals surface area contributed by atoms with E-state index in [1.54, 1.807) is 16.2 Å². The van der Waals surface area contributed by atoms with E-state index in [0.29, 0.717) is 6.54 Å². The highest BCUT2D eigenvalue weighted by molar-refractivity contribution is 7.86. The van der Waals surface area contributed by atoms with Gasteiger partial charge in [0.2, 0.25) is 5.91 Å². The van der Waals surface area contributed by atoms with E-state index in [9.17, 15) is 17.1 Å². The molecule has 18 heavy (non-hydrogen) atoms. The Balaban J connectivity index is 2.06. The van der Waals surface area contributed by atoms with Gasteiger partial charge in [0, 0.05) is 23.8 Å². The van der Waals surface area contributed by atoms with Crippen LogP contribution in [-0.4, -0.2) is 31.5 Å². The SMILES string of the molecule is CC(c1cccs1)N1CC(CS(=O)(=O)F)CC1=O. The highest BCUT2D eigenvalue weighted by Gasteiger charge is 2.35. The van der Waals surface area contributed by atoms with E-state index in [0.717, 1.165) is 4.88 Å². The Morgan fingerprint density at radius 1 is 1.61 bits per heavy atom. The number of hydrogen-bond donors (Lipinski definition) is 0. The molecule has 1 fully saturated rings. The molecule has 0 N–H and O–H groups in total. The molecule has 0 bridgehead atoms. The Hall–Kier alpha value is -0.950. The van der Waals surface area contributed by atoms with Crippen molar-refractivity contribution in [3.8, 4) is 0 Å². The van der Waals surface area contributed by atoms with Crippen molar-refractivity contribution in [3.63, 3.8) is 0 Å². The number of hydrogen-bond acceptors (Lipinski definition) is 4. The summed E-state index contributed by atoms with van der Waals surface area (Å²) in [7, 11) is -4.51. The summed E-state index contributed by atoms with van der Waals surface area (Å²) in [6.45, 7) is 2.21. The van der Waals surface area contributed by atoms with Gasteiger partial charge in [-0.3, -0.25) is 4.79 Å². The van der Waals surface area contributed by atoms with Crippen molar-refractivity contribution in [1.82, 2.24) is 4.90 Å². The van der Waals surface area contributed by atoms with Crippen molar-refractivity contribution in [2.75, 3.05) is 12.3 Å². The molecule has 2 rings (SSSR count).